The minimum absolute atomic E-state index is 0.331. The zero-order valence-electron chi connectivity index (χ0n) is 10.6. The molecule has 2 N–H and O–H groups in total. The minimum Gasteiger partial charge on any atom is -0.480 e. The highest BCUT2D eigenvalue weighted by molar-refractivity contribution is 6.42. The summed E-state index contributed by atoms with van der Waals surface area (Å²) in [4.78, 5) is 24.7. The molecule has 20 heavy (non-hydrogen) atoms. The van der Waals surface area contributed by atoms with Gasteiger partial charge < -0.3 is 15.3 Å². The van der Waals surface area contributed by atoms with E-state index in [4.69, 9.17) is 28.3 Å². The first-order chi connectivity index (χ1) is 9.49. The zero-order valence-corrected chi connectivity index (χ0v) is 12.1. The Hall–Kier alpha value is -1.46. The van der Waals surface area contributed by atoms with Gasteiger partial charge in [0.25, 0.3) is 0 Å². The summed E-state index contributed by atoms with van der Waals surface area (Å²) in [5, 5.41) is 12.5. The largest absolute Gasteiger partial charge is 0.480 e. The molecule has 1 aromatic carbocycles. The van der Waals surface area contributed by atoms with Crippen LogP contribution in [0.1, 0.15) is 19.3 Å². The molecule has 2 rings (SSSR count). The number of nitrogens with zero attached hydrogens (tertiary/aromatic N) is 1. The first-order valence-electron chi connectivity index (χ1n) is 6.24. The van der Waals surface area contributed by atoms with Gasteiger partial charge in [0.1, 0.15) is 6.04 Å². The predicted molar refractivity (Wildman–Crippen MR) is 77.5 cm³/mol. The van der Waals surface area contributed by atoms with Crippen LogP contribution in [0.25, 0.3) is 0 Å². The zero-order chi connectivity index (χ0) is 14.7. The molecule has 0 bridgehead atoms. The molecule has 108 valence electrons. The van der Waals surface area contributed by atoms with E-state index in [9.17, 15) is 9.59 Å². The summed E-state index contributed by atoms with van der Waals surface area (Å²) in [6.07, 6.45) is 2.09. The maximum atomic E-state index is 12.2. The van der Waals surface area contributed by atoms with Crippen LogP contribution in [0.3, 0.4) is 0 Å². The monoisotopic (exact) mass is 316 g/mol. The highest BCUT2D eigenvalue weighted by Gasteiger charge is 2.31. The third-order valence-electron chi connectivity index (χ3n) is 3.22. The molecular formula is C13H14Cl2N2O3. The molecule has 1 fully saturated rings. The first kappa shape index (κ1) is 14.9. The van der Waals surface area contributed by atoms with Crippen molar-refractivity contribution < 1.29 is 14.7 Å². The number of amides is 2. The standard InChI is InChI=1S/C13H14Cl2N2O3/c14-9-5-4-8(7-10(9)15)16-13(20)17-6-2-1-3-11(17)12(18)19/h4-5,7,11H,1-3,6H2,(H,16,20)(H,18,19)/t11-/m0/s1. The topological polar surface area (TPSA) is 69.6 Å². The molecule has 0 saturated carbocycles. The van der Waals surface area contributed by atoms with Crippen molar-refractivity contribution in [1.82, 2.24) is 4.90 Å². The molecule has 0 spiro atoms. The minimum atomic E-state index is -0.978. The van der Waals surface area contributed by atoms with Crippen LogP contribution in [-0.2, 0) is 4.79 Å². The normalized spacial score (nSPS) is 18.7. The highest BCUT2D eigenvalue weighted by Crippen LogP contribution is 2.26. The molecule has 1 atom stereocenters. The van der Waals surface area contributed by atoms with Crippen LogP contribution in [0, 0.1) is 0 Å². The van der Waals surface area contributed by atoms with E-state index in [1.807, 2.05) is 0 Å². The quantitative estimate of drug-likeness (QED) is 0.877. The van der Waals surface area contributed by atoms with E-state index in [0.717, 1.165) is 12.8 Å². The fourth-order valence-corrected chi connectivity index (χ4v) is 2.50. The summed E-state index contributed by atoms with van der Waals surface area (Å²) < 4.78 is 0. The summed E-state index contributed by atoms with van der Waals surface area (Å²) in [6.45, 7) is 0.435. The van der Waals surface area contributed by atoms with Gasteiger partial charge in [-0.25, -0.2) is 9.59 Å². The SMILES string of the molecule is O=C(O)[C@@H]1CCCCN1C(=O)Nc1ccc(Cl)c(Cl)c1. The number of rotatable bonds is 2. The number of piperidine rings is 1. The predicted octanol–water partition coefficient (Wildman–Crippen LogP) is 3.46. The number of carbonyl (C=O) groups is 2. The number of urea groups is 1. The molecule has 0 radical (unpaired) electrons. The third kappa shape index (κ3) is 3.35. The van der Waals surface area contributed by atoms with Crippen LogP contribution < -0.4 is 5.32 Å². The number of likely N-dealkylation sites (tertiary alicyclic amines) is 1. The number of halogens is 2. The lowest BCUT2D eigenvalue weighted by atomic mass is 10.0. The van der Waals surface area contributed by atoms with Gasteiger partial charge in [-0.3, -0.25) is 0 Å². The van der Waals surface area contributed by atoms with Gasteiger partial charge in [0.05, 0.1) is 10.0 Å². The van der Waals surface area contributed by atoms with Gasteiger partial charge in [-0.1, -0.05) is 23.2 Å². The second kappa shape index (κ2) is 6.33. The Balaban J connectivity index is 2.09. The molecule has 0 aliphatic carbocycles. The van der Waals surface area contributed by atoms with Gasteiger partial charge >= 0.3 is 12.0 Å². The Morgan fingerprint density at radius 3 is 2.65 bits per heavy atom. The Morgan fingerprint density at radius 1 is 1.25 bits per heavy atom. The summed E-state index contributed by atoms with van der Waals surface area (Å²) in [6, 6.07) is 3.51. The molecule has 7 heteroatoms. The van der Waals surface area contributed by atoms with Gasteiger partial charge in [-0.2, -0.15) is 0 Å². The van der Waals surface area contributed by atoms with E-state index in [-0.39, 0.29) is 0 Å². The molecule has 1 aliphatic rings. The maximum absolute atomic E-state index is 12.2. The molecule has 0 aromatic heterocycles. The van der Waals surface area contributed by atoms with Crippen LogP contribution in [0.15, 0.2) is 18.2 Å². The summed E-state index contributed by atoms with van der Waals surface area (Å²) >= 11 is 11.7. The number of hydrogen-bond donors (Lipinski definition) is 2. The van der Waals surface area contributed by atoms with Crippen molar-refractivity contribution in [1.29, 1.82) is 0 Å². The van der Waals surface area contributed by atoms with Crippen molar-refractivity contribution in [2.75, 3.05) is 11.9 Å². The van der Waals surface area contributed by atoms with Gasteiger partial charge in [0, 0.05) is 12.2 Å². The molecule has 2 amide bonds. The van der Waals surface area contributed by atoms with Crippen LogP contribution in [0.2, 0.25) is 10.0 Å². The average molecular weight is 317 g/mol. The van der Waals surface area contributed by atoms with Crippen LogP contribution >= 0.6 is 23.2 Å². The number of carbonyl (C=O) groups excluding carboxylic acids is 1. The number of nitrogens with one attached hydrogen (secondary N) is 1. The van der Waals surface area contributed by atoms with Crippen molar-refractivity contribution in [3.8, 4) is 0 Å². The Labute approximate surface area is 126 Å². The van der Waals surface area contributed by atoms with Crippen molar-refractivity contribution in [2.24, 2.45) is 0 Å². The maximum Gasteiger partial charge on any atom is 0.326 e. The van der Waals surface area contributed by atoms with Crippen LogP contribution in [0.4, 0.5) is 10.5 Å². The Kier molecular flexibility index (Phi) is 4.73. The van der Waals surface area contributed by atoms with E-state index < -0.39 is 18.0 Å². The van der Waals surface area contributed by atoms with E-state index in [1.54, 1.807) is 12.1 Å². The van der Waals surface area contributed by atoms with Crippen molar-refractivity contribution >= 4 is 40.9 Å². The van der Waals surface area contributed by atoms with Crippen molar-refractivity contribution in [2.45, 2.75) is 25.3 Å². The molecule has 0 unspecified atom stereocenters. The number of benzene rings is 1. The fraction of sp³-hybridized carbons (Fsp3) is 0.385. The lowest BCUT2D eigenvalue weighted by molar-refractivity contribution is -0.143. The molecule has 1 aromatic rings. The van der Waals surface area contributed by atoms with Gasteiger partial charge in [0.15, 0.2) is 0 Å². The third-order valence-corrected chi connectivity index (χ3v) is 3.96. The smallest absolute Gasteiger partial charge is 0.326 e. The van der Waals surface area contributed by atoms with Gasteiger partial charge in [-0.15, -0.1) is 0 Å². The summed E-state index contributed by atoms with van der Waals surface area (Å²) in [5.41, 5.74) is 0.485. The summed E-state index contributed by atoms with van der Waals surface area (Å²) in [5.74, 6) is -0.978. The number of anilines is 1. The summed E-state index contributed by atoms with van der Waals surface area (Å²) in [7, 11) is 0. The molecule has 1 saturated heterocycles. The second-order valence-electron chi connectivity index (χ2n) is 4.60. The van der Waals surface area contributed by atoms with Crippen LogP contribution in [-0.4, -0.2) is 34.6 Å². The molecule has 1 aliphatic heterocycles. The van der Waals surface area contributed by atoms with E-state index in [2.05, 4.69) is 5.32 Å². The van der Waals surface area contributed by atoms with Crippen molar-refractivity contribution in [3.05, 3.63) is 28.2 Å². The van der Waals surface area contributed by atoms with Crippen molar-refractivity contribution in [3.63, 3.8) is 0 Å². The first-order valence-corrected chi connectivity index (χ1v) is 7.00. The molecule has 1 heterocycles. The lowest BCUT2D eigenvalue weighted by Crippen LogP contribution is -2.49. The van der Waals surface area contributed by atoms with Crippen LogP contribution in [0.5, 0.6) is 0 Å². The second-order valence-corrected chi connectivity index (χ2v) is 5.42. The van der Waals surface area contributed by atoms with Gasteiger partial charge in [0.2, 0.25) is 0 Å². The van der Waals surface area contributed by atoms with E-state index in [0.29, 0.717) is 28.7 Å². The lowest BCUT2D eigenvalue weighted by Gasteiger charge is -2.32. The highest BCUT2D eigenvalue weighted by atomic mass is 35.5. The number of aliphatic carboxylic acids is 1. The van der Waals surface area contributed by atoms with E-state index >= 15 is 0 Å². The number of carboxylic acids is 1. The van der Waals surface area contributed by atoms with Gasteiger partial charge in [-0.05, 0) is 37.5 Å². The van der Waals surface area contributed by atoms with E-state index in [1.165, 1.54) is 11.0 Å². The number of hydrogen-bond acceptors (Lipinski definition) is 2. The Bertz CT molecular complexity index is 536. The molecule has 5 nitrogen and oxygen atoms in total. The molecular weight excluding hydrogens is 303 g/mol. The average Bonchev–Trinajstić information content (AvgIpc) is 2.43. The number of carboxylic acid groups (broad SMARTS) is 1. The fourth-order valence-electron chi connectivity index (χ4n) is 2.20. The Morgan fingerprint density at radius 2 is 2.00 bits per heavy atom.